The number of nitrogens with zero attached hydrogens (tertiary/aromatic N) is 1. The molecule has 1 saturated carbocycles. The molecule has 2 heteroatoms. The second-order valence-electron chi connectivity index (χ2n) is 4.68. The van der Waals surface area contributed by atoms with Gasteiger partial charge in [0.25, 0.3) is 0 Å². The molecule has 0 heterocycles. The highest BCUT2D eigenvalue weighted by molar-refractivity contribution is 5.10. The van der Waals surface area contributed by atoms with Gasteiger partial charge in [-0.15, -0.1) is 0 Å². The van der Waals surface area contributed by atoms with Gasteiger partial charge in [0.05, 0.1) is 17.1 Å². The van der Waals surface area contributed by atoms with Crippen LogP contribution in [0.4, 0.5) is 0 Å². The van der Waals surface area contributed by atoms with E-state index in [0.717, 1.165) is 25.7 Å². The van der Waals surface area contributed by atoms with Gasteiger partial charge in [-0.2, -0.15) is 5.26 Å². The minimum atomic E-state index is -0.740. The third-order valence-electron chi connectivity index (χ3n) is 3.72. The van der Waals surface area contributed by atoms with E-state index in [1.54, 1.807) is 0 Å². The van der Waals surface area contributed by atoms with Crippen LogP contribution in [0.2, 0.25) is 0 Å². The monoisotopic (exact) mass is 181 g/mol. The van der Waals surface area contributed by atoms with Crippen molar-refractivity contribution in [2.24, 2.45) is 11.3 Å². The van der Waals surface area contributed by atoms with Crippen LogP contribution in [0.5, 0.6) is 0 Å². The normalized spacial score (nSPS) is 38.2. The van der Waals surface area contributed by atoms with Crippen molar-refractivity contribution in [2.75, 3.05) is 0 Å². The Labute approximate surface area is 80.6 Å². The molecular formula is C11H19NO. The van der Waals surface area contributed by atoms with E-state index < -0.39 is 11.0 Å². The molecule has 0 aromatic heterocycles. The van der Waals surface area contributed by atoms with Crippen molar-refractivity contribution < 1.29 is 5.11 Å². The Balaban J connectivity index is 2.86. The molecule has 2 nitrogen and oxygen atoms in total. The van der Waals surface area contributed by atoms with Gasteiger partial charge >= 0.3 is 0 Å². The van der Waals surface area contributed by atoms with Crippen molar-refractivity contribution in [1.82, 2.24) is 0 Å². The van der Waals surface area contributed by atoms with E-state index >= 15 is 0 Å². The lowest BCUT2D eigenvalue weighted by molar-refractivity contribution is -0.0453. The molecule has 1 aliphatic rings. The Morgan fingerprint density at radius 1 is 1.69 bits per heavy atom. The van der Waals surface area contributed by atoms with E-state index in [1.807, 2.05) is 13.8 Å². The molecule has 13 heavy (non-hydrogen) atoms. The van der Waals surface area contributed by atoms with E-state index in [-0.39, 0.29) is 0 Å². The van der Waals surface area contributed by atoms with Crippen LogP contribution in [0.3, 0.4) is 0 Å². The minimum Gasteiger partial charge on any atom is -0.388 e. The molecule has 0 saturated heterocycles. The van der Waals surface area contributed by atoms with Crippen molar-refractivity contribution in [2.45, 2.75) is 52.1 Å². The maximum Gasteiger partial charge on any atom is 0.0833 e. The van der Waals surface area contributed by atoms with Gasteiger partial charge in [0.2, 0.25) is 0 Å². The summed E-state index contributed by atoms with van der Waals surface area (Å²) in [5, 5.41) is 19.4. The van der Waals surface area contributed by atoms with Gasteiger partial charge in [-0.05, 0) is 38.5 Å². The summed E-state index contributed by atoms with van der Waals surface area (Å²) in [6.45, 7) is 6.00. The van der Waals surface area contributed by atoms with Crippen LogP contribution in [-0.2, 0) is 0 Å². The summed E-state index contributed by atoms with van der Waals surface area (Å²) >= 11 is 0. The van der Waals surface area contributed by atoms with E-state index in [0.29, 0.717) is 5.92 Å². The molecule has 74 valence electrons. The van der Waals surface area contributed by atoms with Crippen LogP contribution in [-0.4, -0.2) is 10.7 Å². The number of rotatable bonds is 2. The molecule has 0 aliphatic heterocycles. The van der Waals surface area contributed by atoms with Crippen LogP contribution in [0, 0.1) is 22.7 Å². The van der Waals surface area contributed by atoms with Crippen molar-refractivity contribution in [1.29, 1.82) is 5.26 Å². The molecule has 1 aliphatic carbocycles. The van der Waals surface area contributed by atoms with Crippen molar-refractivity contribution >= 4 is 0 Å². The lowest BCUT2D eigenvalue weighted by Crippen LogP contribution is -2.43. The fourth-order valence-electron chi connectivity index (χ4n) is 2.28. The van der Waals surface area contributed by atoms with Gasteiger partial charge in [-0.1, -0.05) is 13.8 Å². The molecule has 0 spiro atoms. The Morgan fingerprint density at radius 2 is 2.31 bits per heavy atom. The average Bonchev–Trinajstić information content (AvgIpc) is 2.46. The Bertz CT molecular complexity index is 233. The summed E-state index contributed by atoms with van der Waals surface area (Å²) in [6.07, 6.45) is 3.34. The fourth-order valence-corrected chi connectivity index (χ4v) is 2.28. The molecule has 0 amide bonds. The van der Waals surface area contributed by atoms with Crippen LogP contribution < -0.4 is 0 Å². The molecule has 3 unspecified atom stereocenters. The number of nitriles is 1. The van der Waals surface area contributed by atoms with E-state index in [1.165, 1.54) is 0 Å². The van der Waals surface area contributed by atoms with Gasteiger partial charge in [-0.25, -0.2) is 0 Å². The van der Waals surface area contributed by atoms with Gasteiger partial charge in [0.1, 0.15) is 0 Å². The summed E-state index contributed by atoms with van der Waals surface area (Å²) in [4.78, 5) is 0. The van der Waals surface area contributed by atoms with Crippen LogP contribution in [0.15, 0.2) is 0 Å². The van der Waals surface area contributed by atoms with Gasteiger partial charge in [0, 0.05) is 0 Å². The van der Waals surface area contributed by atoms with Crippen LogP contribution in [0.25, 0.3) is 0 Å². The molecular weight excluding hydrogens is 162 g/mol. The molecule has 0 radical (unpaired) electrons. The van der Waals surface area contributed by atoms with Crippen molar-refractivity contribution in [3.8, 4) is 6.07 Å². The topological polar surface area (TPSA) is 44.0 Å². The molecule has 0 aromatic rings. The molecule has 1 N–H and O–H groups in total. The summed E-state index contributed by atoms with van der Waals surface area (Å²) in [6, 6.07) is 2.28. The summed E-state index contributed by atoms with van der Waals surface area (Å²) < 4.78 is 0. The maximum absolute atomic E-state index is 10.4. The van der Waals surface area contributed by atoms with Gasteiger partial charge < -0.3 is 5.11 Å². The molecule has 1 fully saturated rings. The Hall–Kier alpha value is -0.550. The minimum absolute atomic E-state index is 0.558. The second kappa shape index (κ2) is 3.31. The van der Waals surface area contributed by atoms with Gasteiger partial charge in [0.15, 0.2) is 0 Å². The summed E-state index contributed by atoms with van der Waals surface area (Å²) in [7, 11) is 0. The van der Waals surface area contributed by atoms with Crippen molar-refractivity contribution in [3.05, 3.63) is 0 Å². The fraction of sp³-hybridized carbons (Fsp3) is 0.909. The Morgan fingerprint density at radius 3 is 2.62 bits per heavy atom. The van der Waals surface area contributed by atoms with E-state index in [9.17, 15) is 5.11 Å². The first-order valence-electron chi connectivity index (χ1n) is 5.11. The number of hydrogen-bond acceptors (Lipinski definition) is 2. The lowest BCUT2D eigenvalue weighted by atomic mass is 9.71. The van der Waals surface area contributed by atoms with Crippen LogP contribution in [0.1, 0.15) is 46.5 Å². The van der Waals surface area contributed by atoms with Gasteiger partial charge in [-0.3, -0.25) is 0 Å². The first-order chi connectivity index (χ1) is 5.97. The first-order valence-corrected chi connectivity index (χ1v) is 5.11. The SMILES string of the molecule is CCC(C)(C#N)C1(O)CCC(C)C1. The Kier molecular flexibility index (Phi) is 2.68. The zero-order valence-electron chi connectivity index (χ0n) is 8.80. The third kappa shape index (κ3) is 1.58. The molecule has 0 aromatic carbocycles. The smallest absolute Gasteiger partial charge is 0.0833 e. The van der Waals surface area contributed by atoms with Crippen LogP contribution >= 0.6 is 0 Å². The predicted octanol–water partition coefficient (Wildman–Crippen LogP) is 2.48. The highest BCUT2D eigenvalue weighted by atomic mass is 16.3. The van der Waals surface area contributed by atoms with Crippen molar-refractivity contribution in [3.63, 3.8) is 0 Å². The highest BCUT2D eigenvalue weighted by Gasteiger charge is 2.49. The largest absolute Gasteiger partial charge is 0.388 e. The predicted molar refractivity (Wildman–Crippen MR) is 52.0 cm³/mol. The zero-order valence-corrected chi connectivity index (χ0v) is 8.80. The molecule has 3 atom stereocenters. The highest BCUT2D eigenvalue weighted by Crippen LogP contribution is 2.47. The quantitative estimate of drug-likeness (QED) is 0.711. The standard InChI is InChI=1S/C11H19NO/c1-4-10(3,8-12)11(13)6-5-9(2)7-11/h9,13H,4-7H2,1-3H3. The second-order valence-corrected chi connectivity index (χ2v) is 4.68. The van der Waals surface area contributed by atoms with E-state index in [4.69, 9.17) is 5.26 Å². The lowest BCUT2D eigenvalue weighted by Gasteiger charge is -2.36. The number of hydrogen-bond donors (Lipinski definition) is 1. The van der Waals surface area contributed by atoms with E-state index in [2.05, 4.69) is 13.0 Å². The summed E-state index contributed by atoms with van der Waals surface area (Å²) in [5.74, 6) is 0.559. The third-order valence-corrected chi connectivity index (χ3v) is 3.72. The first kappa shape index (κ1) is 10.5. The zero-order chi connectivity index (χ0) is 10.1. The number of aliphatic hydroxyl groups is 1. The molecule has 0 bridgehead atoms. The average molecular weight is 181 g/mol. The maximum atomic E-state index is 10.4. The molecule has 1 rings (SSSR count). The summed E-state index contributed by atoms with van der Waals surface area (Å²) in [5.41, 5.74) is -1.30.